The Balaban J connectivity index is 1.97. The summed E-state index contributed by atoms with van der Waals surface area (Å²) in [5.41, 5.74) is 4.97. The van der Waals surface area contributed by atoms with Gasteiger partial charge in [0.05, 0.1) is 18.3 Å². The number of aromatic nitrogens is 3. The summed E-state index contributed by atoms with van der Waals surface area (Å²) in [6, 6.07) is 0. The summed E-state index contributed by atoms with van der Waals surface area (Å²) < 4.78 is 1.55. The number of hydrogen-bond acceptors (Lipinski definition) is 5. The zero-order chi connectivity index (χ0) is 13.9. The first kappa shape index (κ1) is 14.0. The molecule has 1 aliphatic rings. The van der Waals surface area contributed by atoms with Crippen LogP contribution in [-0.4, -0.2) is 56.6 Å². The van der Waals surface area contributed by atoms with E-state index in [-0.39, 0.29) is 11.6 Å². The minimum atomic E-state index is -0.738. The number of carbonyl (C=O) groups excluding carboxylic acids is 1. The summed E-state index contributed by atoms with van der Waals surface area (Å²) in [6.07, 6.45) is 5.13. The molecule has 1 aliphatic carbocycles. The number of aliphatic hydroxyl groups is 1. The van der Waals surface area contributed by atoms with Gasteiger partial charge >= 0.3 is 0 Å². The Morgan fingerprint density at radius 1 is 1.58 bits per heavy atom. The molecule has 1 amide bonds. The zero-order valence-electron chi connectivity index (χ0n) is 11.2. The Bertz CT molecular complexity index is 439. The van der Waals surface area contributed by atoms with Crippen LogP contribution in [0.3, 0.4) is 0 Å². The summed E-state index contributed by atoms with van der Waals surface area (Å²) >= 11 is 0. The van der Waals surface area contributed by atoms with E-state index in [2.05, 4.69) is 10.3 Å². The van der Waals surface area contributed by atoms with Crippen molar-refractivity contribution in [3.8, 4) is 0 Å². The van der Waals surface area contributed by atoms with Crippen LogP contribution in [0.5, 0.6) is 0 Å². The van der Waals surface area contributed by atoms with Crippen molar-refractivity contribution in [2.75, 3.05) is 20.1 Å². The third-order valence-corrected chi connectivity index (χ3v) is 3.53. The van der Waals surface area contributed by atoms with E-state index in [0.29, 0.717) is 19.6 Å². The quantitative estimate of drug-likeness (QED) is 0.757. The van der Waals surface area contributed by atoms with E-state index in [9.17, 15) is 9.90 Å². The highest BCUT2D eigenvalue weighted by atomic mass is 16.3. The Hall–Kier alpha value is -1.47. The lowest BCUT2D eigenvalue weighted by Crippen LogP contribution is -2.42. The van der Waals surface area contributed by atoms with Crippen molar-refractivity contribution in [2.45, 2.75) is 37.8 Å². The predicted molar refractivity (Wildman–Crippen MR) is 69.5 cm³/mol. The fourth-order valence-corrected chi connectivity index (χ4v) is 2.54. The molecule has 3 N–H and O–H groups in total. The summed E-state index contributed by atoms with van der Waals surface area (Å²) in [6.45, 7) is 1.33. The van der Waals surface area contributed by atoms with Gasteiger partial charge in [0.15, 0.2) is 5.69 Å². The molecule has 2 rings (SSSR count). The van der Waals surface area contributed by atoms with Gasteiger partial charge in [-0.05, 0) is 12.8 Å². The lowest BCUT2D eigenvalue weighted by atomic mass is 10.0. The molecule has 0 unspecified atom stereocenters. The molecule has 0 atom stereocenters. The molecule has 1 fully saturated rings. The molecule has 1 aromatic rings. The lowest BCUT2D eigenvalue weighted by Gasteiger charge is -2.28. The van der Waals surface area contributed by atoms with E-state index in [4.69, 9.17) is 5.73 Å². The lowest BCUT2D eigenvalue weighted by molar-refractivity contribution is 0.0155. The molecular formula is C12H21N5O2. The monoisotopic (exact) mass is 267 g/mol. The molecule has 19 heavy (non-hydrogen) atoms. The minimum absolute atomic E-state index is 0.219. The second-order valence-corrected chi connectivity index (χ2v) is 5.25. The van der Waals surface area contributed by atoms with Gasteiger partial charge in [-0.15, -0.1) is 5.10 Å². The standard InChI is InChI=1S/C12H21N5O2/c1-16(9-12(19)4-2-3-5-12)11(18)10-8-17(7-6-13)15-14-10/h8,19H,2-7,9,13H2,1H3. The maximum absolute atomic E-state index is 12.2. The summed E-state index contributed by atoms with van der Waals surface area (Å²) in [5, 5.41) is 18.0. The van der Waals surface area contributed by atoms with E-state index in [0.717, 1.165) is 25.7 Å². The van der Waals surface area contributed by atoms with Gasteiger partial charge in [-0.1, -0.05) is 18.1 Å². The highest BCUT2D eigenvalue weighted by molar-refractivity contribution is 5.91. The zero-order valence-corrected chi connectivity index (χ0v) is 11.2. The number of nitrogens with two attached hydrogens (primary N) is 1. The van der Waals surface area contributed by atoms with Crippen LogP contribution < -0.4 is 5.73 Å². The number of carbonyl (C=O) groups is 1. The number of amides is 1. The molecule has 0 spiro atoms. The third kappa shape index (κ3) is 3.30. The SMILES string of the molecule is CN(CC1(O)CCCC1)C(=O)c1cn(CCN)nn1. The molecule has 1 heterocycles. The van der Waals surface area contributed by atoms with E-state index < -0.39 is 5.60 Å². The van der Waals surface area contributed by atoms with Crippen molar-refractivity contribution in [1.29, 1.82) is 0 Å². The van der Waals surface area contributed by atoms with Crippen molar-refractivity contribution >= 4 is 5.91 Å². The predicted octanol–water partition coefficient (Wildman–Crippen LogP) is -0.386. The van der Waals surface area contributed by atoms with E-state index in [1.54, 1.807) is 17.9 Å². The third-order valence-electron chi connectivity index (χ3n) is 3.53. The van der Waals surface area contributed by atoms with Gasteiger partial charge in [0.1, 0.15) is 0 Å². The molecule has 1 aromatic heterocycles. The molecule has 0 bridgehead atoms. The van der Waals surface area contributed by atoms with Crippen LogP contribution in [0.2, 0.25) is 0 Å². The first-order valence-corrected chi connectivity index (χ1v) is 6.62. The smallest absolute Gasteiger partial charge is 0.275 e. The number of rotatable bonds is 5. The minimum Gasteiger partial charge on any atom is -0.388 e. The normalized spacial score (nSPS) is 17.6. The number of hydrogen-bond donors (Lipinski definition) is 2. The second-order valence-electron chi connectivity index (χ2n) is 5.25. The highest BCUT2D eigenvalue weighted by Crippen LogP contribution is 2.30. The van der Waals surface area contributed by atoms with Crippen LogP contribution in [0.25, 0.3) is 0 Å². The maximum atomic E-state index is 12.2. The maximum Gasteiger partial charge on any atom is 0.275 e. The fourth-order valence-electron chi connectivity index (χ4n) is 2.54. The average molecular weight is 267 g/mol. The molecule has 0 aromatic carbocycles. The van der Waals surface area contributed by atoms with Gasteiger partial charge in [0.25, 0.3) is 5.91 Å². The van der Waals surface area contributed by atoms with E-state index >= 15 is 0 Å². The largest absolute Gasteiger partial charge is 0.388 e. The topological polar surface area (TPSA) is 97.3 Å². The highest BCUT2D eigenvalue weighted by Gasteiger charge is 2.34. The number of nitrogens with zero attached hydrogens (tertiary/aromatic N) is 4. The molecule has 7 nitrogen and oxygen atoms in total. The second kappa shape index (κ2) is 5.66. The van der Waals surface area contributed by atoms with E-state index in [1.165, 1.54) is 4.90 Å². The van der Waals surface area contributed by atoms with Crippen LogP contribution in [0.1, 0.15) is 36.2 Å². The Labute approximate surface area is 112 Å². The molecule has 0 radical (unpaired) electrons. The van der Waals surface area contributed by atoms with Gasteiger partial charge in [-0.2, -0.15) is 0 Å². The van der Waals surface area contributed by atoms with Gasteiger partial charge in [0.2, 0.25) is 0 Å². The summed E-state index contributed by atoms with van der Waals surface area (Å²) in [7, 11) is 1.68. The van der Waals surface area contributed by atoms with Crippen molar-refractivity contribution in [1.82, 2.24) is 19.9 Å². The fraction of sp³-hybridized carbons (Fsp3) is 0.750. The Morgan fingerprint density at radius 3 is 2.89 bits per heavy atom. The van der Waals surface area contributed by atoms with Crippen molar-refractivity contribution in [3.63, 3.8) is 0 Å². The van der Waals surface area contributed by atoms with Crippen LogP contribution in [0.15, 0.2) is 6.20 Å². The van der Waals surface area contributed by atoms with E-state index in [1.807, 2.05) is 0 Å². The van der Waals surface area contributed by atoms with Gasteiger partial charge < -0.3 is 15.7 Å². The van der Waals surface area contributed by atoms with Crippen LogP contribution in [-0.2, 0) is 6.54 Å². The molecule has 7 heteroatoms. The Kier molecular flexibility index (Phi) is 4.16. The van der Waals surface area contributed by atoms with Crippen LogP contribution >= 0.6 is 0 Å². The van der Waals surface area contributed by atoms with Crippen LogP contribution in [0.4, 0.5) is 0 Å². The summed E-state index contributed by atoms with van der Waals surface area (Å²) in [4.78, 5) is 13.7. The molecule has 0 aliphatic heterocycles. The molecule has 106 valence electrons. The van der Waals surface area contributed by atoms with Crippen molar-refractivity contribution < 1.29 is 9.90 Å². The average Bonchev–Trinajstić information content (AvgIpc) is 2.98. The molecular weight excluding hydrogens is 246 g/mol. The van der Waals surface area contributed by atoms with Crippen LogP contribution in [0, 0.1) is 0 Å². The van der Waals surface area contributed by atoms with Gasteiger partial charge in [-0.3, -0.25) is 9.48 Å². The summed E-state index contributed by atoms with van der Waals surface area (Å²) in [5.74, 6) is -0.219. The van der Waals surface area contributed by atoms with Crippen molar-refractivity contribution in [3.05, 3.63) is 11.9 Å². The molecule has 1 saturated carbocycles. The molecule has 0 saturated heterocycles. The van der Waals surface area contributed by atoms with Gasteiger partial charge in [0, 0.05) is 20.1 Å². The van der Waals surface area contributed by atoms with Gasteiger partial charge in [-0.25, -0.2) is 0 Å². The Morgan fingerprint density at radius 2 is 2.26 bits per heavy atom. The first-order valence-electron chi connectivity index (χ1n) is 6.62. The number of likely N-dealkylation sites (N-methyl/N-ethyl adjacent to an activating group) is 1. The first-order chi connectivity index (χ1) is 9.04. The van der Waals surface area contributed by atoms with Crippen molar-refractivity contribution in [2.24, 2.45) is 5.73 Å².